The van der Waals surface area contributed by atoms with E-state index >= 15 is 0 Å². The summed E-state index contributed by atoms with van der Waals surface area (Å²) < 4.78 is 13.7. The van der Waals surface area contributed by atoms with E-state index < -0.39 is 33.6 Å². The zero-order valence-electron chi connectivity index (χ0n) is 8.01. The van der Waals surface area contributed by atoms with Crippen molar-refractivity contribution in [1.82, 2.24) is 0 Å². The first-order valence-corrected chi connectivity index (χ1v) is 5.19. The second kappa shape index (κ2) is 9.54. The zero-order valence-corrected chi connectivity index (χ0v) is 9.01. The van der Waals surface area contributed by atoms with Crippen molar-refractivity contribution in [3.63, 3.8) is 0 Å². The van der Waals surface area contributed by atoms with Crippen LogP contribution < -0.4 is 5.73 Å². The fourth-order valence-electron chi connectivity index (χ4n) is 0.273. The Kier molecular flexibility index (Phi) is 11.2. The van der Waals surface area contributed by atoms with Crippen LogP contribution in [0.3, 0.4) is 0 Å². The van der Waals surface area contributed by atoms with Crippen LogP contribution in [0, 0.1) is 0 Å². The first-order chi connectivity index (χ1) is 6.45. The van der Waals surface area contributed by atoms with Gasteiger partial charge in [0.25, 0.3) is 0 Å². The van der Waals surface area contributed by atoms with Crippen LogP contribution in [0.15, 0.2) is 0 Å². The molecule has 0 saturated heterocycles. The molecule has 8 heteroatoms. The lowest BCUT2D eigenvalue weighted by Gasteiger charge is -2.20. The molecule has 0 aliphatic rings. The fourth-order valence-corrected chi connectivity index (χ4v) is 0.520. The van der Waals surface area contributed by atoms with Crippen molar-refractivity contribution >= 4 is 8.25 Å². The third-order valence-corrected chi connectivity index (χ3v) is 1.75. The number of nitrogens with two attached hydrogens (primary N) is 1. The van der Waals surface area contributed by atoms with Gasteiger partial charge >= 0.3 is 8.25 Å². The average Bonchev–Trinajstić information content (AvgIpc) is 2.17. The number of aliphatic hydroxyl groups excluding tert-OH is 3. The Balaban J connectivity index is 0. The third-order valence-electron chi connectivity index (χ3n) is 1.21. The Labute approximate surface area is 83.1 Å². The first kappa shape index (κ1) is 16.4. The summed E-state index contributed by atoms with van der Waals surface area (Å²) >= 11 is 0. The van der Waals surface area contributed by atoms with Gasteiger partial charge in [-0.2, -0.15) is 0 Å². The van der Waals surface area contributed by atoms with Crippen LogP contribution in [0.1, 0.15) is 6.92 Å². The van der Waals surface area contributed by atoms with Crippen LogP contribution >= 0.6 is 8.25 Å². The first-order valence-electron chi connectivity index (χ1n) is 3.93. The van der Waals surface area contributed by atoms with Gasteiger partial charge in [-0.1, -0.05) is 0 Å². The summed E-state index contributed by atoms with van der Waals surface area (Å²) in [6.07, 6.45) is 0. The van der Waals surface area contributed by atoms with Gasteiger partial charge in [0.05, 0.1) is 32.0 Å². The van der Waals surface area contributed by atoms with E-state index in [-0.39, 0.29) is 0 Å². The SMILES string of the molecule is CCO[PH](=O)O.NC(CO)(CO)CO. The second-order valence-corrected chi connectivity index (χ2v) is 3.36. The molecule has 0 fully saturated rings. The Bertz CT molecular complexity index is 143. The lowest BCUT2D eigenvalue weighted by molar-refractivity contribution is 0.0697. The van der Waals surface area contributed by atoms with Crippen molar-refractivity contribution in [1.29, 1.82) is 0 Å². The lowest BCUT2D eigenvalue weighted by atomic mass is 10.1. The quantitative estimate of drug-likeness (QED) is 0.348. The molecule has 0 heterocycles. The van der Waals surface area contributed by atoms with Crippen molar-refractivity contribution < 1.29 is 29.3 Å². The van der Waals surface area contributed by atoms with Gasteiger partial charge in [0.15, 0.2) is 0 Å². The maximum absolute atomic E-state index is 9.56. The van der Waals surface area contributed by atoms with Gasteiger partial charge in [-0.05, 0) is 6.92 Å². The molecule has 14 heavy (non-hydrogen) atoms. The summed E-state index contributed by atoms with van der Waals surface area (Å²) in [4.78, 5) is 7.88. The topological polar surface area (TPSA) is 133 Å². The molecule has 7 nitrogen and oxygen atoms in total. The van der Waals surface area contributed by atoms with Crippen molar-refractivity contribution in [3.8, 4) is 0 Å². The summed E-state index contributed by atoms with van der Waals surface area (Å²) in [6, 6.07) is 0. The van der Waals surface area contributed by atoms with Gasteiger partial charge in [-0.3, -0.25) is 4.57 Å². The standard InChI is InChI=1S/C4H11NO3.C2H7O3P/c5-4(1-6,2-7)3-8;1-2-5-6(3)4/h6-8H,1-3,5H2;6H,2H2,1H3,(H,3,4). The molecule has 0 bridgehead atoms. The summed E-state index contributed by atoms with van der Waals surface area (Å²) in [5.41, 5.74) is 3.94. The van der Waals surface area contributed by atoms with E-state index in [0.29, 0.717) is 6.61 Å². The maximum atomic E-state index is 9.56. The van der Waals surface area contributed by atoms with E-state index in [0.717, 1.165) is 0 Å². The highest BCUT2D eigenvalue weighted by atomic mass is 31.1. The summed E-state index contributed by atoms with van der Waals surface area (Å²) in [7, 11) is -2.64. The highest BCUT2D eigenvalue weighted by molar-refractivity contribution is 7.32. The number of hydrogen-bond acceptors (Lipinski definition) is 6. The molecule has 0 saturated carbocycles. The van der Waals surface area contributed by atoms with Crippen LogP contribution in [-0.2, 0) is 9.09 Å². The Hall–Kier alpha value is -0.0100. The Morgan fingerprint density at radius 2 is 1.64 bits per heavy atom. The molecule has 0 aliphatic heterocycles. The van der Waals surface area contributed by atoms with Gasteiger partial charge in [-0.15, -0.1) is 0 Å². The Morgan fingerprint density at radius 1 is 1.29 bits per heavy atom. The highest BCUT2D eigenvalue weighted by Gasteiger charge is 2.20. The van der Waals surface area contributed by atoms with Gasteiger partial charge in [0, 0.05) is 0 Å². The predicted molar refractivity (Wildman–Crippen MR) is 51.0 cm³/mol. The summed E-state index contributed by atoms with van der Waals surface area (Å²) in [6.45, 7) is 0.771. The molecule has 88 valence electrons. The maximum Gasteiger partial charge on any atom is 0.316 e. The average molecular weight is 231 g/mol. The van der Waals surface area contributed by atoms with Gasteiger partial charge in [-0.25, -0.2) is 0 Å². The minimum atomic E-state index is -2.64. The van der Waals surface area contributed by atoms with Crippen LogP contribution in [0.25, 0.3) is 0 Å². The van der Waals surface area contributed by atoms with Crippen molar-refractivity contribution in [2.24, 2.45) is 5.73 Å². The molecule has 0 aromatic carbocycles. The van der Waals surface area contributed by atoms with Crippen molar-refractivity contribution in [2.45, 2.75) is 12.5 Å². The molecular weight excluding hydrogens is 213 g/mol. The van der Waals surface area contributed by atoms with Gasteiger partial charge < -0.3 is 30.5 Å². The molecule has 0 aliphatic carbocycles. The minimum Gasteiger partial charge on any atom is -0.394 e. The smallest absolute Gasteiger partial charge is 0.316 e. The van der Waals surface area contributed by atoms with E-state index in [4.69, 9.17) is 25.9 Å². The van der Waals surface area contributed by atoms with Gasteiger partial charge in [0.1, 0.15) is 0 Å². The van der Waals surface area contributed by atoms with E-state index in [1.165, 1.54) is 0 Å². The lowest BCUT2D eigenvalue weighted by Crippen LogP contribution is -2.50. The van der Waals surface area contributed by atoms with Crippen LogP contribution in [0.5, 0.6) is 0 Å². The van der Waals surface area contributed by atoms with E-state index in [1.807, 2.05) is 0 Å². The molecule has 0 spiro atoms. The number of aliphatic hydroxyl groups is 3. The van der Waals surface area contributed by atoms with E-state index in [1.54, 1.807) is 6.92 Å². The normalized spacial score (nSPS) is 13.0. The molecular formula is C6H18NO6P. The minimum absolute atomic E-state index is 0.314. The second-order valence-electron chi connectivity index (χ2n) is 2.54. The van der Waals surface area contributed by atoms with Crippen LogP contribution in [0.2, 0.25) is 0 Å². The largest absolute Gasteiger partial charge is 0.394 e. The van der Waals surface area contributed by atoms with E-state index in [2.05, 4.69) is 4.52 Å². The molecule has 1 unspecified atom stereocenters. The molecule has 0 amide bonds. The third kappa shape index (κ3) is 10.1. The monoisotopic (exact) mass is 231 g/mol. The number of hydrogen-bond donors (Lipinski definition) is 5. The van der Waals surface area contributed by atoms with E-state index in [9.17, 15) is 4.57 Å². The molecule has 0 rings (SSSR count). The zero-order chi connectivity index (χ0) is 11.6. The van der Waals surface area contributed by atoms with Crippen molar-refractivity contribution in [2.75, 3.05) is 26.4 Å². The highest BCUT2D eigenvalue weighted by Crippen LogP contribution is 2.12. The predicted octanol–water partition coefficient (Wildman–Crippen LogP) is -1.93. The van der Waals surface area contributed by atoms with Crippen LogP contribution in [0.4, 0.5) is 0 Å². The summed E-state index contributed by atoms with van der Waals surface area (Å²) in [5, 5.41) is 25.0. The van der Waals surface area contributed by atoms with Gasteiger partial charge in [0.2, 0.25) is 0 Å². The number of rotatable bonds is 5. The summed E-state index contributed by atoms with van der Waals surface area (Å²) in [5.74, 6) is 0. The fraction of sp³-hybridized carbons (Fsp3) is 1.00. The van der Waals surface area contributed by atoms with Crippen molar-refractivity contribution in [3.05, 3.63) is 0 Å². The molecule has 1 atom stereocenters. The molecule has 6 N–H and O–H groups in total. The van der Waals surface area contributed by atoms with Crippen LogP contribution in [-0.4, -0.2) is 52.2 Å². The Morgan fingerprint density at radius 3 is 1.64 bits per heavy atom. The molecule has 0 aromatic heterocycles. The molecule has 0 radical (unpaired) electrons. The molecule has 0 aromatic rings.